The second-order valence-electron chi connectivity index (χ2n) is 5.60. The van der Waals surface area contributed by atoms with Crippen molar-refractivity contribution in [2.75, 3.05) is 14.2 Å². The van der Waals surface area contributed by atoms with Gasteiger partial charge in [0.25, 0.3) is 0 Å². The average molecular weight is 267 g/mol. The van der Waals surface area contributed by atoms with Crippen molar-refractivity contribution in [3.8, 4) is 5.75 Å². The van der Waals surface area contributed by atoms with Crippen LogP contribution in [-0.2, 0) is 12.1 Å². The van der Waals surface area contributed by atoms with Gasteiger partial charge in [0, 0.05) is 12.1 Å². The minimum absolute atomic E-state index is 0.224. The predicted molar refractivity (Wildman–Crippen MR) is 81.8 cm³/mol. The Kier molecular flexibility index (Phi) is 3.49. The summed E-state index contributed by atoms with van der Waals surface area (Å²) in [6, 6.07) is 19.2. The summed E-state index contributed by atoms with van der Waals surface area (Å²) in [5.74, 6) is 0.926. The summed E-state index contributed by atoms with van der Waals surface area (Å²) < 4.78 is 5.24. The normalized spacial score (nSPS) is 16.1. The summed E-state index contributed by atoms with van der Waals surface area (Å²) >= 11 is 0. The second-order valence-corrected chi connectivity index (χ2v) is 5.60. The zero-order valence-electron chi connectivity index (χ0n) is 12.2. The molecule has 2 aromatic rings. The van der Waals surface area contributed by atoms with Crippen LogP contribution in [0.5, 0.6) is 5.75 Å². The van der Waals surface area contributed by atoms with Gasteiger partial charge < -0.3 is 4.74 Å². The Balaban J connectivity index is 1.77. The van der Waals surface area contributed by atoms with Gasteiger partial charge in [0.05, 0.1) is 7.11 Å². The molecule has 0 aromatic heterocycles. The van der Waals surface area contributed by atoms with Crippen LogP contribution in [0.2, 0.25) is 0 Å². The summed E-state index contributed by atoms with van der Waals surface area (Å²) in [7, 11) is 3.94. The summed E-state index contributed by atoms with van der Waals surface area (Å²) in [5, 5.41) is 0. The third kappa shape index (κ3) is 2.44. The van der Waals surface area contributed by atoms with Crippen molar-refractivity contribution in [2.24, 2.45) is 0 Å². The van der Waals surface area contributed by atoms with E-state index in [2.05, 4.69) is 66.5 Å². The number of hydrogen-bond donors (Lipinski definition) is 0. The van der Waals surface area contributed by atoms with Gasteiger partial charge in [-0.25, -0.2) is 0 Å². The summed E-state index contributed by atoms with van der Waals surface area (Å²) in [6.45, 7) is 0.993. The number of rotatable bonds is 5. The quantitative estimate of drug-likeness (QED) is 0.816. The Labute approximate surface area is 121 Å². The molecule has 0 unspecified atom stereocenters. The fourth-order valence-corrected chi connectivity index (χ4v) is 2.92. The lowest BCUT2D eigenvalue weighted by molar-refractivity contribution is 0.213. The van der Waals surface area contributed by atoms with Crippen LogP contribution in [0.25, 0.3) is 0 Å². The van der Waals surface area contributed by atoms with Gasteiger partial charge in [0.2, 0.25) is 0 Å². The fraction of sp³-hybridized carbons (Fsp3) is 0.333. The monoisotopic (exact) mass is 267 g/mol. The molecule has 0 aliphatic heterocycles. The standard InChI is InChI=1S/C18H21NO/c1-19(14-15-6-4-3-5-7-15)18(12-13-18)16-8-10-17(20-2)11-9-16/h3-11H,12-14H2,1-2H3. The molecule has 2 nitrogen and oxygen atoms in total. The molecule has 1 aliphatic carbocycles. The van der Waals surface area contributed by atoms with Crippen LogP contribution in [-0.4, -0.2) is 19.1 Å². The molecule has 1 saturated carbocycles. The van der Waals surface area contributed by atoms with E-state index >= 15 is 0 Å². The van der Waals surface area contributed by atoms with E-state index in [1.807, 2.05) is 0 Å². The summed E-state index contributed by atoms with van der Waals surface area (Å²) in [4.78, 5) is 2.48. The molecular weight excluding hydrogens is 246 g/mol. The van der Waals surface area contributed by atoms with Gasteiger partial charge in [-0.15, -0.1) is 0 Å². The molecule has 0 spiro atoms. The maximum absolute atomic E-state index is 5.24. The van der Waals surface area contributed by atoms with Crippen molar-refractivity contribution in [2.45, 2.75) is 24.9 Å². The van der Waals surface area contributed by atoms with Crippen molar-refractivity contribution < 1.29 is 4.74 Å². The first kappa shape index (κ1) is 13.2. The highest BCUT2D eigenvalue weighted by Gasteiger charge is 2.47. The molecule has 0 bridgehead atoms. The maximum Gasteiger partial charge on any atom is 0.118 e. The predicted octanol–water partition coefficient (Wildman–Crippen LogP) is 3.82. The van der Waals surface area contributed by atoms with Crippen molar-refractivity contribution >= 4 is 0 Å². The van der Waals surface area contributed by atoms with E-state index in [1.54, 1.807) is 7.11 Å². The van der Waals surface area contributed by atoms with E-state index in [9.17, 15) is 0 Å². The van der Waals surface area contributed by atoms with E-state index < -0.39 is 0 Å². The smallest absolute Gasteiger partial charge is 0.118 e. The van der Waals surface area contributed by atoms with E-state index in [0.717, 1.165) is 12.3 Å². The number of benzene rings is 2. The lowest BCUT2D eigenvalue weighted by Gasteiger charge is -2.28. The Hall–Kier alpha value is -1.80. The van der Waals surface area contributed by atoms with E-state index in [1.165, 1.54) is 24.0 Å². The molecule has 0 saturated heterocycles. The van der Waals surface area contributed by atoms with Gasteiger partial charge in [-0.3, -0.25) is 4.90 Å². The molecule has 0 amide bonds. The highest BCUT2D eigenvalue weighted by atomic mass is 16.5. The minimum atomic E-state index is 0.224. The molecule has 0 atom stereocenters. The highest BCUT2D eigenvalue weighted by molar-refractivity contribution is 5.35. The molecule has 104 valence electrons. The van der Waals surface area contributed by atoms with Crippen LogP contribution in [0.3, 0.4) is 0 Å². The van der Waals surface area contributed by atoms with E-state index in [0.29, 0.717) is 0 Å². The lowest BCUT2D eigenvalue weighted by atomic mass is 10.0. The summed E-state index contributed by atoms with van der Waals surface area (Å²) in [5.41, 5.74) is 2.99. The third-order valence-corrected chi connectivity index (χ3v) is 4.34. The number of hydrogen-bond acceptors (Lipinski definition) is 2. The lowest BCUT2D eigenvalue weighted by Crippen LogP contribution is -2.31. The van der Waals surface area contributed by atoms with Crippen LogP contribution in [0.1, 0.15) is 24.0 Å². The SMILES string of the molecule is COc1ccc(C2(N(C)Cc3ccccc3)CC2)cc1. The van der Waals surface area contributed by atoms with E-state index in [4.69, 9.17) is 4.74 Å². The molecule has 1 fully saturated rings. The molecule has 1 aliphatic rings. The Morgan fingerprint density at radius 1 is 1.00 bits per heavy atom. The average Bonchev–Trinajstić information content (AvgIpc) is 3.30. The first-order valence-corrected chi connectivity index (χ1v) is 7.14. The molecule has 20 heavy (non-hydrogen) atoms. The van der Waals surface area contributed by atoms with Gasteiger partial charge in [-0.05, 0) is 43.1 Å². The Bertz CT molecular complexity index is 558. The zero-order valence-corrected chi connectivity index (χ0v) is 12.2. The van der Waals surface area contributed by atoms with Gasteiger partial charge in [-0.2, -0.15) is 0 Å². The molecule has 2 heteroatoms. The molecule has 0 N–H and O–H groups in total. The van der Waals surface area contributed by atoms with Crippen molar-refractivity contribution in [1.29, 1.82) is 0 Å². The molecule has 0 radical (unpaired) electrons. The second kappa shape index (κ2) is 5.29. The number of ether oxygens (including phenoxy) is 1. The zero-order chi connectivity index (χ0) is 14.0. The Morgan fingerprint density at radius 3 is 2.20 bits per heavy atom. The Morgan fingerprint density at radius 2 is 1.65 bits per heavy atom. The van der Waals surface area contributed by atoms with Crippen molar-refractivity contribution in [3.05, 3.63) is 65.7 Å². The van der Waals surface area contributed by atoms with E-state index in [-0.39, 0.29) is 5.54 Å². The highest BCUT2D eigenvalue weighted by Crippen LogP contribution is 2.51. The van der Waals surface area contributed by atoms with Gasteiger partial charge >= 0.3 is 0 Å². The van der Waals surface area contributed by atoms with Crippen LogP contribution in [0.15, 0.2) is 54.6 Å². The van der Waals surface area contributed by atoms with Gasteiger partial charge in [0.1, 0.15) is 5.75 Å². The van der Waals surface area contributed by atoms with Crippen molar-refractivity contribution in [3.63, 3.8) is 0 Å². The molecule has 0 heterocycles. The fourth-order valence-electron chi connectivity index (χ4n) is 2.92. The van der Waals surface area contributed by atoms with Gasteiger partial charge in [0.15, 0.2) is 0 Å². The molecule has 3 rings (SSSR count). The number of nitrogens with zero attached hydrogens (tertiary/aromatic N) is 1. The molecule has 2 aromatic carbocycles. The largest absolute Gasteiger partial charge is 0.497 e. The molecular formula is C18H21NO. The minimum Gasteiger partial charge on any atom is -0.497 e. The summed E-state index contributed by atoms with van der Waals surface area (Å²) in [6.07, 6.45) is 2.48. The van der Waals surface area contributed by atoms with Crippen molar-refractivity contribution in [1.82, 2.24) is 4.90 Å². The maximum atomic E-state index is 5.24. The van der Waals surface area contributed by atoms with Crippen LogP contribution in [0, 0.1) is 0 Å². The third-order valence-electron chi connectivity index (χ3n) is 4.34. The van der Waals surface area contributed by atoms with Crippen LogP contribution in [0.4, 0.5) is 0 Å². The first-order valence-electron chi connectivity index (χ1n) is 7.14. The number of methoxy groups -OCH3 is 1. The van der Waals surface area contributed by atoms with Gasteiger partial charge in [-0.1, -0.05) is 42.5 Å². The first-order chi connectivity index (χ1) is 9.74. The van der Waals surface area contributed by atoms with Crippen LogP contribution >= 0.6 is 0 Å². The topological polar surface area (TPSA) is 12.5 Å². The van der Waals surface area contributed by atoms with Crippen LogP contribution < -0.4 is 4.74 Å².